The third-order valence-corrected chi connectivity index (χ3v) is 10.6. The second-order valence-electron chi connectivity index (χ2n) is 12.4. The summed E-state index contributed by atoms with van der Waals surface area (Å²) < 4.78 is 6.60. The summed E-state index contributed by atoms with van der Waals surface area (Å²) >= 11 is 3.63. The Bertz CT molecular complexity index is 1660. The molecule has 2 aromatic carbocycles. The zero-order valence-electron chi connectivity index (χ0n) is 25.9. The molecule has 2 saturated heterocycles. The van der Waals surface area contributed by atoms with Crippen LogP contribution in [0.3, 0.4) is 0 Å². The number of aliphatic hydroxyl groups excluding tert-OH is 1. The highest BCUT2D eigenvalue weighted by atomic mass is 79.9. The molecular formula is C32H40BrN8O2P. The second kappa shape index (κ2) is 12.7. The summed E-state index contributed by atoms with van der Waals surface area (Å²) in [6, 6.07) is 8.85. The lowest BCUT2D eigenvalue weighted by Gasteiger charge is -2.52. The first kappa shape index (κ1) is 30.9. The Kier molecular flexibility index (Phi) is 8.93. The standard InChI is InChI=1S/C32H40BrN8O2P/c1-20-14-25(27(43-3)15-26(20)40-12-8-21(9-13-40)41-17-32(2,18-41)19-42)38-31-36-16-22(33)30(39-31)37-24-7-6-23-28(29(24)44(4)5)35-11-10-34-23/h6-7,10-11,14-16,21,42H,8-9,12-13,17-19H2,1-5H3,(H2,36,37,38,39). The molecule has 4 aromatic rings. The molecule has 0 atom stereocenters. The van der Waals surface area contributed by atoms with Crippen LogP contribution in [0.1, 0.15) is 25.3 Å². The first-order chi connectivity index (χ1) is 21.2. The zero-order chi connectivity index (χ0) is 31.0. The van der Waals surface area contributed by atoms with E-state index in [9.17, 15) is 5.11 Å². The van der Waals surface area contributed by atoms with E-state index in [2.05, 4.69) is 90.6 Å². The highest BCUT2D eigenvalue weighted by Crippen LogP contribution is 2.39. The van der Waals surface area contributed by atoms with Crippen molar-refractivity contribution in [2.75, 3.05) is 68.8 Å². The van der Waals surface area contributed by atoms with Crippen LogP contribution in [-0.4, -0.2) is 89.2 Å². The number of aromatic nitrogens is 4. The predicted octanol–water partition coefficient (Wildman–Crippen LogP) is 5.64. The van der Waals surface area contributed by atoms with Crippen molar-refractivity contribution in [2.45, 2.75) is 32.7 Å². The van der Waals surface area contributed by atoms with Crippen molar-refractivity contribution in [3.05, 3.63) is 52.9 Å². The minimum atomic E-state index is -0.469. The quantitative estimate of drug-likeness (QED) is 0.193. The molecule has 232 valence electrons. The Labute approximate surface area is 268 Å². The number of nitrogens with zero attached hydrogens (tertiary/aromatic N) is 6. The molecule has 2 aliphatic heterocycles. The van der Waals surface area contributed by atoms with Gasteiger partial charge in [-0.3, -0.25) is 14.9 Å². The number of likely N-dealkylation sites (tertiary alicyclic amines) is 1. The van der Waals surface area contributed by atoms with Gasteiger partial charge in [-0.05, 0) is 72.8 Å². The lowest BCUT2D eigenvalue weighted by molar-refractivity contribution is -0.0570. The molecule has 0 bridgehead atoms. The van der Waals surface area contributed by atoms with Gasteiger partial charge in [0.2, 0.25) is 5.95 Å². The van der Waals surface area contributed by atoms with Gasteiger partial charge in [-0.15, -0.1) is 0 Å². The van der Waals surface area contributed by atoms with Crippen LogP contribution in [0.15, 0.2) is 47.3 Å². The highest BCUT2D eigenvalue weighted by molar-refractivity contribution is 9.10. The lowest BCUT2D eigenvalue weighted by atomic mass is 9.80. The van der Waals surface area contributed by atoms with Crippen LogP contribution in [-0.2, 0) is 0 Å². The van der Waals surface area contributed by atoms with E-state index >= 15 is 0 Å². The van der Waals surface area contributed by atoms with Crippen molar-refractivity contribution < 1.29 is 9.84 Å². The Morgan fingerprint density at radius 1 is 1.07 bits per heavy atom. The molecule has 12 heteroatoms. The number of aryl methyl sites for hydroxylation is 1. The van der Waals surface area contributed by atoms with Crippen LogP contribution in [0, 0.1) is 12.3 Å². The molecule has 0 unspecified atom stereocenters. The number of piperidine rings is 1. The molecule has 3 N–H and O–H groups in total. The number of methoxy groups -OCH3 is 1. The fraction of sp³-hybridized carbons (Fsp3) is 0.438. The summed E-state index contributed by atoms with van der Waals surface area (Å²) in [5, 5.41) is 17.7. The molecule has 2 aromatic heterocycles. The van der Waals surface area contributed by atoms with Gasteiger partial charge in [0.1, 0.15) is 11.6 Å². The van der Waals surface area contributed by atoms with Gasteiger partial charge in [0.15, 0.2) is 0 Å². The number of nitrogens with one attached hydrogen (secondary N) is 2. The van der Waals surface area contributed by atoms with Crippen molar-refractivity contribution in [3.63, 3.8) is 0 Å². The minimum absolute atomic E-state index is 0.0721. The number of benzene rings is 2. The van der Waals surface area contributed by atoms with Crippen molar-refractivity contribution in [1.29, 1.82) is 0 Å². The maximum absolute atomic E-state index is 9.62. The number of fused-ring (bicyclic) bond motifs is 1. The van der Waals surface area contributed by atoms with Crippen LogP contribution in [0.5, 0.6) is 5.75 Å². The summed E-state index contributed by atoms with van der Waals surface area (Å²) in [5.41, 5.74) is 5.99. The molecule has 0 amide bonds. The average Bonchev–Trinajstić information content (AvgIpc) is 3.01. The fourth-order valence-electron chi connectivity index (χ4n) is 6.39. The maximum atomic E-state index is 9.62. The van der Waals surface area contributed by atoms with Crippen molar-refractivity contribution in [1.82, 2.24) is 24.8 Å². The van der Waals surface area contributed by atoms with Gasteiger partial charge in [-0.2, -0.15) is 4.98 Å². The normalized spacial score (nSPS) is 17.1. The van der Waals surface area contributed by atoms with Crippen molar-refractivity contribution in [3.8, 4) is 5.75 Å². The molecule has 10 nitrogen and oxygen atoms in total. The van der Waals surface area contributed by atoms with Gasteiger partial charge in [0.05, 0.1) is 34.9 Å². The molecule has 2 fully saturated rings. The van der Waals surface area contributed by atoms with Crippen LogP contribution >= 0.6 is 23.9 Å². The topological polar surface area (TPSA) is 112 Å². The van der Waals surface area contributed by atoms with Gasteiger partial charge in [0, 0.05) is 79.0 Å². The van der Waals surface area contributed by atoms with E-state index in [0.717, 1.165) is 77.0 Å². The first-order valence-electron chi connectivity index (χ1n) is 14.9. The van der Waals surface area contributed by atoms with Crippen molar-refractivity contribution >= 4 is 69.0 Å². The molecule has 4 heterocycles. The smallest absolute Gasteiger partial charge is 0.229 e. The number of aliphatic hydroxyl groups is 1. The van der Waals surface area contributed by atoms with Crippen LogP contribution in [0.4, 0.5) is 28.8 Å². The van der Waals surface area contributed by atoms with E-state index in [1.807, 2.05) is 12.1 Å². The number of ether oxygens (including phenoxy) is 1. The molecule has 0 radical (unpaired) electrons. The van der Waals surface area contributed by atoms with E-state index in [1.54, 1.807) is 25.7 Å². The minimum Gasteiger partial charge on any atom is -0.494 e. The van der Waals surface area contributed by atoms with Gasteiger partial charge in [-0.1, -0.05) is 14.8 Å². The summed E-state index contributed by atoms with van der Waals surface area (Å²) in [6.45, 7) is 13.0. The van der Waals surface area contributed by atoms with Crippen molar-refractivity contribution in [2.24, 2.45) is 5.41 Å². The van der Waals surface area contributed by atoms with Crippen LogP contribution in [0.25, 0.3) is 11.0 Å². The van der Waals surface area contributed by atoms with Crippen LogP contribution < -0.4 is 25.6 Å². The van der Waals surface area contributed by atoms with E-state index < -0.39 is 7.92 Å². The highest BCUT2D eigenvalue weighted by Gasteiger charge is 2.42. The third kappa shape index (κ3) is 6.20. The zero-order valence-corrected chi connectivity index (χ0v) is 28.4. The third-order valence-electron chi connectivity index (χ3n) is 8.70. The number of hydrogen-bond acceptors (Lipinski definition) is 10. The SMILES string of the molecule is COc1cc(N2CCC(N3CC(C)(CO)C3)CC2)c(C)cc1Nc1ncc(Br)c(Nc2ccc3nccnc3c2P(C)C)n1. The monoisotopic (exact) mass is 678 g/mol. The maximum Gasteiger partial charge on any atom is 0.229 e. The fourth-order valence-corrected chi connectivity index (χ4v) is 7.89. The summed E-state index contributed by atoms with van der Waals surface area (Å²) in [7, 11) is 1.23. The van der Waals surface area contributed by atoms with E-state index in [1.165, 1.54) is 11.3 Å². The number of anilines is 5. The van der Waals surface area contributed by atoms with Crippen LogP contribution in [0.2, 0.25) is 0 Å². The van der Waals surface area contributed by atoms with E-state index in [4.69, 9.17) is 9.72 Å². The Balaban J connectivity index is 1.19. The predicted molar refractivity (Wildman–Crippen MR) is 184 cm³/mol. The first-order valence-corrected chi connectivity index (χ1v) is 18.0. The summed E-state index contributed by atoms with van der Waals surface area (Å²) in [5.74, 6) is 1.86. The lowest BCUT2D eigenvalue weighted by Crippen LogP contribution is -2.61. The average molecular weight is 680 g/mol. The Morgan fingerprint density at radius 2 is 1.82 bits per heavy atom. The van der Waals surface area contributed by atoms with Gasteiger partial charge >= 0.3 is 0 Å². The van der Waals surface area contributed by atoms with E-state index in [0.29, 0.717) is 17.8 Å². The van der Waals surface area contributed by atoms with Gasteiger partial charge < -0.3 is 25.4 Å². The van der Waals surface area contributed by atoms with Gasteiger partial charge in [0.25, 0.3) is 0 Å². The number of halogens is 1. The summed E-state index contributed by atoms with van der Waals surface area (Å²) in [4.78, 5) is 23.5. The Hall–Kier alpha value is -3.11. The molecule has 0 spiro atoms. The molecule has 0 aliphatic carbocycles. The molecule has 6 rings (SSSR count). The second-order valence-corrected chi connectivity index (χ2v) is 15.4. The Morgan fingerprint density at radius 3 is 2.52 bits per heavy atom. The molecular weight excluding hydrogens is 639 g/mol. The molecule has 2 aliphatic rings. The molecule has 44 heavy (non-hydrogen) atoms. The molecule has 0 saturated carbocycles. The number of rotatable bonds is 9. The number of hydrogen-bond donors (Lipinski definition) is 3. The van der Waals surface area contributed by atoms with E-state index in [-0.39, 0.29) is 12.0 Å². The summed E-state index contributed by atoms with van der Waals surface area (Å²) in [6.07, 6.45) is 7.45. The van der Waals surface area contributed by atoms with Gasteiger partial charge in [-0.25, -0.2) is 4.98 Å². The largest absolute Gasteiger partial charge is 0.494 e.